The monoisotopic (exact) mass is 817 g/mol. The summed E-state index contributed by atoms with van der Waals surface area (Å²) in [4.78, 5) is 58.6. The average molecular weight is 819 g/mol. The summed E-state index contributed by atoms with van der Waals surface area (Å²) in [6.45, 7) is 0.0144. The minimum absolute atomic E-state index is 0.0139. The number of carbonyl (C=O) groups is 2. The van der Waals surface area contributed by atoms with Crippen molar-refractivity contribution in [2.45, 2.75) is 30.3 Å². The molecule has 12 nitrogen and oxygen atoms in total. The molecule has 270 valence electrons. The van der Waals surface area contributed by atoms with Gasteiger partial charge in [-0.3, -0.25) is 15.0 Å². The van der Waals surface area contributed by atoms with E-state index in [1.165, 1.54) is 29.6 Å². The number of amides is 2. The van der Waals surface area contributed by atoms with Gasteiger partial charge in [-0.2, -0.15) is 5.01 Å². The molecule has 4 aromatic carbocycles. The highest BCUT2D eigenvalue weighted by molar-refractivity contribution is 9.10. The van der Waals surface area contributed by atoms with Crippen molar-refractivity contribution in [1.29, 1.82) is 0 Å². The number of phenolic OH excluding ortho intramolecular Hbond substituents is 1. The maximum Gasteiger partial charge on any atom is 0.352 e. The zero-order valence-corrected chi connectivity index (χ0v) is 31.2. The second-order valence-electron chi connectivity index (χ2n) is 13.0. The van der Waals surface area contributed by atoms with Crippen molar-refractivity contribution in [2.24, 2.45) is 5.92 Å². The molecular formula is C38H30BrCl2N5O7. The number of ether oxygens (including phenoxy) is 2. The molecule has 2 aliphatic heterocycles. The van der Waals surface area contributed by atoms with Crippen molar-refractivity contribution < 1.29 is 24.2 Å². The van der Waals surface area contributed by atoms with Gasteiger partial charge in [0.05, 0.1) is 59.0 Å². The number of para-hydroxylation sites is 1. The summed E-state index contributed by atoms with van der Waals surface area (Å²) < 4.78 is 15.2. The third kappa shape index (κ3) is 5.16. The first kappa shape index (κ1) is 34.8. The fourth-order valence-corrected chi connectivity index (χ4v) is 9.10. The lowest BCUT2D eigenvalue weighted by atomic mass is 9.53. The number of anilines is 1. The standard InChI is InChI=1S/C38H30BrCl2N5O7/c1-52-24-11-8-21(9-12-24)38-26(34(48)45(35(38)49)42-29-13-10-22(40)18-28(29)41)19-30-25(32(38)20-16-27(39)33(47)31(17-20)53-2)14-15-43-36(50)44(37(51)46(30)43)23-6-4-3-5-7-23/h3-14,16-18,26,30,32,42,47H,15,19H2,1-2H3. The van der Waals surface area contributed by atoms with E-state index in [-0.39, 0.29) is 39.6 Å². The molecule has 4 atom stereocenters. The fourth-order valence-electron chi connectivity index (χ4n) is 8.19. The normalized spacial score (nSPS) is 21.8. The Morgan fingerprint density at radius 2 is 1.64 bits per heavy atom. The number of carbonyl (C=O) groups excluding carboxylic acids is 2. The highest BCUT2D eigenvalue weighted by atomic mass is 79.9. The van der Waals surface area contributed by atoms with E-state index in [9.17, 15) is 19.5 Å². The van der Waals surface area contributed by atoms with Crippen LogP contribution in [0, 0.1) is 5.92 Å². The first-order valence-corrected chi connectivity index (χ1v) is 18.1. The Hall–Kier alpha value is -5.24. The van der Waals surface area contributed by atoms with Crippen LogP contribution in [0.25, 0.3) is 5.69 Å². The van der Waals surface area contributed by atoms with E-state index in [2.05, 4.69) is 21.4 Å². The Kier molecular flexibility index (Phi) is 8.55. The van der Waals surface area contributed by atoms with Gasteiger partial charge in [0.1, 0.15) is 5.75 Å². The third-order valence-electron chi connectivity index (χ3n) is 10.5. The van der Waals surface area contributed by atoms with Gasteiger partial charge in [0.25, 0.3) is 11.8 Å². The summed E-state index contributed by atoms with van der Waals surface area (Å²) in [5, 5.41) is 12.4. The maximum absolute atomic E-state index is 15.4. The molecule has 15 heteroatoms. The Bertz CT molecular complexity index is 2480. The largest absolute Gasteiger partial charge is 0.503 e. The molecule has 0 radical (unpaired) electrons. The van der Waals surface area contributed by atoms with E-state index < -0.39 is 46.5 Å². The van der Waals surface area contributed by atoms with E-state index in [4.69, 9.17) is 32.7 Å². The number of hydrazine groups is 1. The molecule has 3 aliphatic rings. The molecule has 0 spiro atoms. The van der Waals surface area contributed by atoms with Gasteiger partial charge in [0.2, 0.25) is 0 Å². The highest BCUT2D eigenvalue weighted by Gasteiger charge is 2.69. The first-order chi connectivity index (χ1) is 25.5. The van der Waals surface area contributed by atoms with Crippen molar-refractivity contribution in [2.75, 3.05) is 19.6 Å². The van der Waals surface area contributed by atoms with Crippen LogP contribution in [-0.2, 0) is 21.5 Å². The molecule has 2 amide bonds. The van der Waals surface area contributed by atoms with Gasteiger partial charge in [-0.15, -0.1) is 0 Å². The molecule has 2 fully saturated rings. The van der Waals surface area contributed by atoms with Crippen LogP contribution in [0.3, 0.4) is 0 Å². The number of allylic oxidation sites excluding steroid dienone is 2. The molecule has 3 heterocycles. The van der Waals surface area contributed by atoms with Gasteiger partial charge in [0.15, 0.2) is 11.5 Å². The summed E-state index contributed by atoms with van der Waals surface area (Å²) >= 11 is 16.2. The predicted molar refractivity (Wildman–Crippen MR) is 201 cm³/mol. The minimum atomic E-state index is -1.62. The number of aromatic nitrogens is 3. The Labute approximate surface area is 320 Å². The highest BCUT2D eigenvalue weighted by Crippen LogP contribution is 2.62. The van der Waals surface area contributed by atoms with Gasteiger partial charge < -0.3 is 14.6 Å². The lowest BCUT2D eigenvalue weighted by Gasteiger charge is -2.49. The molecular weight excluding hydrogens is 789 g/mol. The van der Waals surface area contributed by atoms with Gasteiger partial charge in [-0.25, -0.2) is 23.5 Å². The van der Waals surface area contributed by atoms with E-state index >= 15 is 4.79 Å². The summed E-state index contributed by atoms with van der Waals surface area (Å²) in [5.41, 5.74) is 2.56. The van der Waals surface area contributed by atoms with E-state index in [0.717, 1.165) is 9.58 Å². The van der Waals surface area contributed by atoms with Crippen molar-refractivity contribution in [3.8, 4) is 22.9 Å². The summed E-state index contributed by atoms with van der Waals surface area (Å²) in [7, 11) is 2.94. The van der Waals surface area contributed by atoms with E-state index in [0.29, 0.717) is 33.2 Å². The second-order valence-corrected chi connectivity index (χ2v) is 14.7. The average Bonchev–Trinajstić information content (AvgIpc) is 3.54. The molecule has 53 heavy (non-hydrogen) atoms. The van der Waals surface area contributed by atoms with Crippen LogP contribution in [0.1, 0.15) is 29.5 Å². The second kappa shape index (κ2) is 13.0. The number of imide groups is 1. The molecule has 4 unspecified atom stereocenters. The number of halogens is 3. The van der Waals surface area contributed by atoms with Crippen LogP contribution in [0.4, 0.5) is 5.69 Å². The Morgan fingerprint density at radius 3 is 2.32 bits per heavy atom. The van der Waals surface area contributed by atoms with Crippen molar-refractivity contribution in [1.82, 2.24) is 18.9 Å². The summed E-state index contributed by atoms with van der Waals surface area (Å²) in [6, 6.07) is 22.7. The maximum atomic E-state index is 15.4. The third-order valence-corrected chi connectivity index (χ3v) is 11.6. The number of rotatable bonds is 7. The smallest absolute Gasteiger partial charge is 0.352 e. The minimum Gasteiger partial charge on any atom is -0.503 e. The number of fused-ring (bicyclic) bond motifs is 4. The van der Waals surface area contributed by atoms with Crippen LogP contribution in [0.5, 0.6) is 17.2 Å². The number of benzene rings is 4. The summed E-state index contributed by atoms with van der Waals surface area (Å²) in [6.07, 6.45) is 1.84. The Balaban J connectivity index is 1.41. The first-order valence-electron chi connectivity index (χ1n) is 16.5. The van der Waals surface area contributed by atoms with Crippen LogP contribution in [0.15, 0.2) is 111 Å². The number of phenols is 1. The fraction of sp³-hybridized carbons (Fsp3) is 0.211. The number of nitrogens with zero attached hydrogens (tertiary/aromatic N) is 4. The number of hydrogen-bond donors (Lipinski definition) is 2. The molecule has 1 saturated carbocycles. The molecule has 2 N–H and O–H groups in total. The van der Waals surface area contributed by atoms with Gasteiger partial charge in [0, 0.05) is 10.9 Å². The van der Waals surface area contributed by atoms with Gasteiger partial charge in [-0.05, 0) is 93.6 Å². The molecule has 8 rings (SSSR count). The number of aromatic hydroxyl groups is 1. The van der Waals surface area contributed by atoms with Crippen molar-refractivity contribution >= 4 is 56.6 Å². The Morgan fingerprint density at radius 1 is 0.906 bits per heavy atom. The molecule has 1 aromatic heterocycles. The van der Waals surface area contributed by atoms with Crippen molar-refractivity contribution in [3.05, 3.63) is 143 Å². The lowest BCUT2D eigenvalue weighted by Crippen LogP contribution is -2.53. The van der Waals surface area contributed by atoms with Gasteiger partial charge in [-0.1, -0.05) is 59.6 Å². The SMILES string of the molecule is COc1ccc(C23C(=O)N(Nc4ccc(Cl)cc4Cl)C(=O)C2CC2C(=CCn4c(=O)n(-c5ccccc5)c(=O)n42)C3c2cc(Br)c(O)c(OC)c2)cc1. The van der Waals surface area contributed by atoms with Crippen LogP contribution in [0.2, 0.25) is 10.0 Å². The zero-order chi connectivity index (χ0) is 37.3. The van der Waals surface area contributed by atoms with Crippen LogP contribution in [-0.4, -0.2) is 50.1 Å². The van der Waals surface area contributed by atoms with Gasteiger partial charge >= 0.3 is 11.4 Å². The van der Waals surface area contributed by atoms with Crippen molar-refractivity contribution in [3.63, 3.8) is 0 Å². The van der Waals surface area contributed by atoms with Crippen LogP contribution < -0.4 is 26.3 Å². The number of hydrogen-bond acceptors (Lipinski definition) is 8. The quantitative estimate of drug-likeness (QED) is 0.146. The molecule has 1 aliphatic carbocycles. The number of nitrogens with one attached hydrogen (secondary N) is 1. The van der Waals surface area contributed by atoms with E-state index in [1.54, 1.807) is 78.9 Å². The lowest BCUT2D eigenvalue weighted by molar-refractivity contribution is -0.138. The molecule has 5 aromatic rings. The topological polar surface area (TPSA) is 137 Å². The van der Waals surface area contributed by atoms with E-state index in [1.807, 2.05) is 6.08 Å². The van der Waals surface area contributed by atoms with Crippen LogP contribution >= 0.6 is 39.1 Å². The summed E-state index contributed by atoms with van der Waals surface area (Å²) in [5.74, 6) is -2.65. The molecule has 1 saturated heterocycles. The predicted octanol–water partition coefficient (Wildman–Crippen LogP) is 6.21. The zero-order valence-electron chi connectivity index (χ0n) is 28.1. The molecule has 0 bridgehead atoms. The number of methoxy groups -OCH3 is 2.